The van der Waals surface area contributed by atoms with Crippen LogP contribution >= 0.6 is 0 Å². The van der Waals surface area contributed by atoms with Crippen molar-refractivity contribution in [1.29, 1.82) is 0 Å². The van der Waals surface area contributed by atoms with Gasteiger partial charge in [0.2, 0.25) is 0 Å². The van der Waals surface area contributed by atoms with Gasteiger partial charge in [-0.2, -0.15) is 10.2 Å². The molecule has 0 saturated carbocycles. The minimum absolute atomic E-state index is 0.256. The summed E-state index contributed by atoms with van der Waals surface area (Å²) in [5.74, 6) is -0.256. The third-order valence-corrected chi connectivity index (χ3v) is 4.74. The van der Waals surface area contributed by atoms with Gasteiger partial charge in [0.05, 0.1) is 12.4 Å². The monoisotopic (exact) mass is 372 g/mol. The maximum atomic E-state index is 14.6. The van der Waals surface area contributed by atoms with E-state index in [1.807, 2.05) is 49.4 Å². The van der Waals surface area contributed by atoms with Crippen LogP contribution in [0.25, 0.3) is 11.1 Å². The van der Waals surface area contributed by atoms with Gasteiger partial charge < -0.3 is 0 Å². The first-order valence-electron chi connectivity index (χ1n) is 9.68. The van der Waals surface area contributed by atoms with Crippen molar-refractivity contribution in [3.05, 3.63) is 94.8 Å². The lowest BCUT2D eigenvalue weighted by Gasteiger charge is -2.06. The lowest BCUT2D eigenvalue weighted by molar-refractivity contribution is 0.631. The maximum absolute atomic E-state index is 14.6. The van der Waals surface area contributed by atoms with Crippen LogP contribution in [0.4, 0.5) is 4.39 Å². The standard InChI is InChI=1S/C25H25FN2/c1-3-4-8-20-10-13-22(14-11-20)24-15-12-21(16-25(24)26)17-27-28-18-23-9-6-5-7-19(23)2/h5-7,9-18H,3-4,8H2,1-2H3. The predicted molar refractivity (Wildman–Crippen MR) is 117 cm³/mol. The Morgan fingerprint density at radius 2 is 1.64 bits per heavy atom. The molecule has 28 heavy (non-hydrogen) atoms. The van der Waals surface area contributed by atoms with E-state index in [1.165, 1.54) is 24.5 Å². The van der Waals surface area contributed by atoms with Crippen LogP contribution in [0.15, 0.2) is 76.9 Å². The van der Waals surface area contributed by atoms with Gasteiger partial charge in [-0.25, -0.2) is 4.39 Å². The van der Waals surface area contributed by atoms with E-state index in [9.17, 15) is 4.39 Å². The third-order valence-electron chi connectivity index (χ3n) is 4.74. The summed E-state index contributed by atoms with van der Waals surface area (Å²) in [5.41, 5.74) is 5.62. The van der Waals surface area contributed by atoms with Gasteiger partial charge in [0.25, 0.3) is 0 Å². The molecular weight excluding hydrogens is 347 g/mol. The molecule has 0 atom stereocenters. The van der Waals surface area contributed by atoms with Crippen LogP contribution in [0.5, 0.6) is 0 Å². The largest absolute Gasteiger partial charge is 0.206 e. The van der Waals surface area contributed by atoms with E-state index in [0.29, 0.717) is 11.1 Å². The number of rotatable bonds is 7. The van der Waals surface area contributed by atoms with Gasteiger partial charge in [0.1, 0.15) is 5.82 Å². The Balaban J connectivity index is 1.69. The average Bonchev–Trinajstić information content (AvgIpc) is 2.71. The average molecular weight is 372 g/mol. The first kappa shape index (κ1) is 19.7. The molecule has 0 spiro atoms. The smallest absolute Gasteiger partial charge is 0.131 e. The summed E-state index contributed by atoms with van der Waals surface area (Å²) < 4.78 is 14.6. The van der Waals surface area contributed by atoms with Crippen molar-refractivity contribution in [3.63, 3.8) is 0 Å². The molecular formula is C25H25FN2. The Bertz CT molecular complexity index is 972. The fourth-order valence-electron chi connectivity index (χ4n) is 3.00. The highest BCUT2D eigenvalue weighted by Gasteiger charge is 2.06. The zero-order valence-electron chi connectivity index (χ0n) is 16.4. The summed E-state index contributed by atoms with van der Waals surface area (Å²) in [6.45, 7) is 4.21. The molecule has 0 bridgehead atoms. The molecule has 0 N–H and O–H groups in total. The van der Waals surface area contributed by atoms with Crippen molar-refractivity contribution in [1.82, 2.24) is 0 Å². The van der Waals surface area contributed by atoms with Crippen LogP contribution < -0.4 is 0 Å². The van der Waals surface area contributed by atoms with E-state index in [1.54, 1.807) is 18.5 Å². The molecule has 0 fully saturated rings. The van der Waals surface area contributed by atoms with Gasteiger partial charge in [-0.1, -0.05) is 74.0 Å². The second-order valence-electron chi connectivity index (χ2n) is 6.89. The Morgan fingerprint density at radius 1 is 0.893 bits per heavy atom. The second kappa shape index (κ2) is 9.75. The molecule has 3 aromatic carbocycles. The van der Waals surface area contributed by atoms with Crippen LogP contribution in [0.1, 0.15) is 42.0 Å². The molecule has 0 heterocycles. The van der Waals surface area contributed by atoms with Crippen LogP contribution in [-0.4, -0.2) is 12.4 Å². The fourth-order valence-corrected chi connectivity index (χ4v) is 3.00. The Morgan fingerprint density at radius 3 is 2.36 bits per heavy atom. The van der Waals surface area contributed by atoms with Crippen molar-refractivity contribution in [2.75, 3.05) is 0 Å². The van der Waals surface area contributed by atoms with Gasteiger partial charge >= 0.3 is 0 Å². The molecule has 2 nitrogen and oxygen atoms in total. The Kier molecular flexibility index (Phi) is 6.85. The lowest BCUT2D eigenvalue weighted by atomic mass is 10.0. The summed E-state index contributed by atoms with van der Waals surface area (Å²) in [4.78, 5) is 0. The molecule has 0 aliphatic rings. The van der Waals surface area contributed by atoms with Gasteiger partial charge in [0, 0.05) is 5.56 Å². The summed E-state index contributed by atoms with van der Waals surface area (Å²) in [6.07, 6.45) is 6.69. The van der Waals surface area contributed by atoms with E-state index in [0.717, 1.165) is 23.1 Å². The zero-order valence-corrected chi connectivity index (χ0v) is 16.4. The first-order valence-corrected chi connectivity index (χ1v) is 9.68. The van der Waals surface area contributed by atoms with Gasteiger partial charge in [-0.3, -0.25) is 0 Å². The third kappa shape index (κ3) is 5.23. The number of aryl methyl sites for hydroxylation is 2. The van der Waals surface area contributed by atoms with Crippen molar-refractivity contribution >= 4 is 12.4 Å². The highest BCUT2D eigenvalue weighted by molar-refractivity contribution is 5.84. The summed E-state index contributed by atoms with van der Waals surface area (Å²) in [5, 5.41) is 8.10. The van der Waals surface area contributed by atoms with Crippen LogP contribution in [0.2, 0.25) is 0 Å². The lowest BCUT2D eigenvalue weighted by Crippen LogP contribution is -1.90. The molecule has 0 amide bonds. The van der Waals surface area contributed by atoms with Crippen molar-refractivity contribution in [2.24, 2.45) is 10.2 Å². The molecule has 0 radical (unpaired) electrons. The number of nitrogens with zero attached hydrogens (tertiary/aromatic N) is 2. The summed E-state index contributed by atoms with van der Waals surface area (Å²) in [7, 11) is 0. The summed E-state index contributed by atoms with van der Waals surface area (Å²) >= 11 is 0. The SMILES string of the molecule is CCCCc1ccc(-c2ccc(C=NN=Cc3ccccc3C)cc2F)cc1. The highest BCUT2D eigenvalue weighted by Crippen LogP contribution is 2.24. The van der Waals surface area contributed by atoms with E-state index in [2.05, 4.69) is 29.3 Å². The van der Waals surface area contributed by atoms with Crippen molar-refractivity contribution in [3.8, 4) is 11.1 Å². The van der Waals surface area contributed by atoms with Gasteiger partial charge in [-0.05, 0) is 53.6 Å². The number of hydrogen-bond acceptors (Lipinski definition) is 2. The van der Waals surface area contributed by atoms with E-state index in [4.69, 9.17) is 0 Å². The molecule has 0 unspecified atom stereocenters. The topological polar surface area (TPSA) is 24.7 Å². The van der Waals surface area contributed by atoms with E-state index >= 15 is 0 Å². The zero-order chi connectivity index (χ0) is 19.8. The predicted octanol–water partition coefficient (Wildman–Crippen LogP) is 6.60. The van der Waals surface area contributed by atoms with Crippen LogP contribution in [0.3, 0.4) is 0 Å². The number of hydrogen-bond donors (Lipinski definition) is 0. The minimum atomic E-state index is -0.256. The van der Waals surface area contributed by atoms with E-state index in [-0.39, 0.29) is 5.82 Å². The second-order valence-corrected chi connectivity index (χ2v) is 6.89. The normalized spacial score (nSPS) is 11.5. The molecule has 0 aromatic heterocycles. The Hall–Kier alpha value is -3.07. The van der Waals surface area contributed by atoms with Gasteiger partial charge in [-0.15, -0.1) is 0 Å². The Labute approximate surface area is 166 Å². The van der Waals surface area contributed by atoms with Gasteiger partial charge in [0.15, 0.2) is 0 Å². The molecule has 3 rings (SSSR count). The van der Waals surface area contributed by atoms with Crippen LogP contribution in [0, 0.1) is 12.7 Å². The quantitative estimate of drug-likeness (QED) is 0.330. The minimum Gasteiger partial charge on any atom is -0.206 e. The number of unbranched alkanes of at least 4 members (excludes halogenated alkanes) is 1. The van der Waals surface area contributed by atoms with Crippen molar-refractivity contribution < 1.29 is 4.39 Å². The number of halogens is 1. The molecule has 0 aliphatic heterocycles. The molecule has 3 aromatic rings. The van der Waals surface area contributed by atoms with E-state index < -0.39 is 0 Å². The first-order chi connectivity index (χ1) is 13.7. The number of benzene rings is 3. The molecule has 3 heteroatoms. The highest BCUT2D eigenvalue weighted by atomic mass is 19.1. The molecule has 142 valence electrons. The fraction of sp³-hybridized carbons (Fsp3) is 0.200. The molecule has 0 saturated heterocycles. The summed E-state index contributed by atoms with van der Waals surface area (Å²) in [6, 6.07) is 21.2. The maximum Gasteiger partial charge on any atom is 0.131 e. The van der Waals surface area contributed by atoms with Crippen molar-refractivity contribution in [2.45, 2.75) is 33.1 Å². The van der Waals surface area contributed by atoms with Crippen LogP contribution in [-0.2, 0) is 6.42 Å². The molecule has 0 aliphatic carbocycles.